The Kier molecular flexibility index (Phi) is 3.05. The van der Waals surface area contributed by atoms with Crippen molar-refractivity contribution in [2.24, 2.45) is 0 Å². The van der Waals surface area contributed by atoms with Crippen molar-refractivity contribution in [3.05, 3.63) is 54.1 Å². The maximum absolute atomic E-state index is 12.6. The third-order valence-electron chi connectivity index (χ3n) is 2.07. The fourth-order valence-electron chi connectivity index (χ4n) is 1.38. The first-order valence-corrected chi connectivity index (χ1v) is 4.97. The fourth-order valence-corrected chi connectivity index (χ4v) is 1.38. The van der Waals surface area contributed by atoms with E-state index >= 15 is 0 Å². The number of hydrogen-bond acceptors (Lipinski definition) is 2. The van der Waals surface area contributed by atoms with Crippen molar-refractivity contribution in [3.63, 3.8) is 0 Å². The highest BCUT2D eigenvalue weighted by Gasteiger charge is 1.99. The van der Waals surface area contributed by atoms with Crippen LogP contribution in [0.2, 0.25) is 0 Å². The molecule has 0 aliphatic rings. The van der Waals surface area contributed by atoms with Crippen LogP contribution in [0.4, 0.5) is 4.39 Å². The Hall–Kier alpha value is -2.03. The van der Waals surface area contributed by atoms with Gasteiger partial charge >= 0.3 is 0 Å². The van der Waals surface area contributed by atoms with E-state index in [0.717, 1.165) is 5.56 Å². The minimum atomic E-state index is -0.254. The van der Waals surface area contributed by atoms with Crippen molar-refractivity contribution in [1.82, 2.24) is 9.97 Å². The lowest BCUT2D eigenvalue weighted by Crippen LogP contribution is -1.88. The summed E-state index contributed by atoms with van der Waals surface area (Å²) in [5.74, 6) is 0.394. The second kappa shape index (κ2) is 4.66. The lowest BCUT2D eigenvalue weighted by molar-refractivity contribution is 0.648. The van der Waals surface area contributed by atoms with Crippen LogP contribution in [0, 0.1) is 0 Å². The molecule has 2 rings (SSSR count). The summed E-state index contributed by atoms with van der Waals surface area (Å²) in [6.45, 7) is 1.39. The van der Waals surface area contributed by atoms with Crippen LogP contribution in [0.15, 0.2) is 48.6 Å². The number of nitrogens with zero attached hydrogens (tertiary/aromatic N) is 2. The monoisotopic (exact) mass is 214 g/mol. The van der Waals surface area contributed by atoms with Crippen molar-refractivity contribution >= 4 is 6.08 Å². The van der Waals surface area contributed by atoms with Crippen LogP contribution in [0.5, 0.6) is 0 Å². The average Bonchev–Trinajstić information content (AvgIpc) is 2.30. The molecule has 0 aliphatic carbocycles. The number of rotatable bonds is 2. The quantitative estimate of drug-likeness (QED) is 0.764. The summed E-state index contributed by atoms with van der Waals surface area (Å²) in [6, 6.07) is 9.67. The normalized spacial score (nSPS) is 11.5. The van der Waals surface area contributed by atoms with E-state index in [1.54, 1.807) is 12.4 Å². The fraction of sp³-hybridized carbons (Fsp3) is 0.0769. The van der Waals surface area contributed by atoms with Crippen molar-refractivity contribution < 1.29 is 4.39 Å². The number of halogens is 1. The van der Waals surface area contributed by atoms with E-state index in [9.17, 15) is 4.39 Å². The highest BCUT2D eigenvalue weighted by atomic mass is 19.1. The number of aromatic nitrogens is 2. The summed E-state index contributed by atoms with van der Waals surface area (Å²) >= 11 is 0. The van der Waals surface area contributed by atoms with E-state index in [0.29, 0.717) is 11.4 Å². The molecule has 2 nitrogen and oxygen atoms in total. The van der Waals surface area contributed by atoms with Crippen LogP contribution in [0.1, 0.15) is 12.5 Å². The lowest BCUT2D eigenvalue weighted by atomic mass is 10.2. The smallest absolute Gasteiger partial charge is 0.159 e. The molecule has 2 aromatic rings. The average molecular weight is 214 g/mol. The number of hydrogen-bond donors (Lipinski definition) is 0. The summed E-state index contributed by atoms with van der Waals surface area (Å²) < 4.78 is 12.6. The van der Waals surface area contributed by atoms with Crippen LogP contribution in [-0.4, -0.2) is 9.97 Å². The zero-order valence-electron chi connectivity index (χ0n) is 8.89. The zero-order valence-corrected chi connectivity index (χ0v) is 8.89. The standard InChI is InChI=1S/C13H11FN2/c1-10(14)7-11-8-15-13(16-9-11)12-5-3-2-4-6-12/h2-9H,1H3/b10-7+. The molecule has 0 N–H and O–H groups in total. The van der Waals surface area contributed by atoms with Crippen LogP contribution >= 0.6 is 0 Å². The molecule has 0 aliphatic heterocycles. The van der Waals surface area contributed by atoms with Gasteiger partial charge in [0.25, 0.3) is 0 Å². The van der Waals surface area contributed by atoms with Crippen LogP contribution < -0.4 is 0 Å². The van der Waals surface area contributed by atoms with Gasteiger partial charge in [-0.25, -0.2) is 14.4 Å². The van der Waals surface area contributed by atoms with E-state index in [1.807, 2.05) is 30.3 Å². The summed E-state index contributed by atoms with van der Waals surface area (Å²) in [7, 11) is 0. The number of benzene rings is 1. The molecular weight excluding hydrogens is 203 g/mol. The maximum Gasteiger partial charge on any atom is 0.159 e. The van der Waals surface area contributed by atoms with Crippen molar-refractivity contribution in [2.75, 3.05) is 0 Å². The summed E-state index contributed by atoms with van der Waals surface area (Å²) in [6.07, 6.45) is 4.62. The van der Waals surface area contributed by atoms with Gasteiger partial charge in [0.05, 0.1) is 5.83 Å². The van der Waals surface area contributed by atoms with Crippen LogP contribution in [0.25, 0.3) is 17.5 Å². The van der Waals surface area contributed by atoms with E-state index < -0.39 is 0 Å². The third kappa shape index (κ3) is 2.51. The van der Waals surface area contributed by atoms with Crippen molar-refractivity contribution in [2.45, 2.75) is 6.92 Å². The molecule has 80 valence electrons. The van der Waals surface area contributed by atoms with Gasteiger partial charge in [-0.2, -0.15) is 0 Å². The molecular formula is C13H11FN2. The van der Waals surface area contributed by atoms with Crippen LogP contribution in [-0.2, 0) is 0 Å². The van der Waals surface area contributed by atoms with Gasteiger partial charge in [0, 0.05) is 23.5 Å². The molecule has 1 aromatic heterocycles. The molecule has 1 heterocycles. The number of allylic oxidation sites excluding steroid dienone is 1. The van der Waals surface area contributed by atoms with E-state index in [4.69, 9.17) is 0 Å². The predicted octanol–water partition coefficient (Wildman–Crippen LogP) is 3.47. The Morgan fingerprint density at radius 2 is 1.75 bits per heavy atom. The minimum Gasteiger partial charge on any atom is -0.236 e. The van der Waals surface area contributed by atoms with E-state index in [2.05, 4.69) is 9.97 Å². The van der Waals surface area contributed by atoms with Gasteiger partial charge in [0.1, 0.15) is 0 Å². The first-order valence-electron chi connectivity index (χ1n) is 4.97. The highest BCUT2D eigenvalue weighted by Crippen LogP contribution is 2.14. The molecule has 0 saturated heterocycles. The molecule has 0 unspecified atom stereocenters. The van der Waals surface area contributed by atoms with Crippen LogP contribution in [0.3, 0.4) is 0 Å². The molecule has 0 spiro atoms. The SMILES string of the molecule is C/C(F)=C\c1cnc(-c2ccccc2)nc1. The van der Waals surface area contributed by atoms with Gasteiger partial charge in [-0.3, -0.25) is 0 Å². The van der Waals surface area contributed by atoms with Gasteiger partial charge in [-0.1, -0.05) is 30.3 Å². The summed E-state index contributed by atoms with van der Waals surface area (Å²) in [5, 5.41) is 0. The molecule has 0 amide bonds. The second-order valence-corrected chi connectivity index (χ2v) is 3.44. The topological polar surface area (TPSA) is 25.8 Å². The minimum absolute atomic E-state index is 0.254. The van der Waals surface area contributed by atoms with E-state index in [1.165, 1.54) is 13.0 Å². The lowest BCUT2D eigenvalue weighted by Gasteiger charge is -1.99. The Balaban J connectivity index is 2.30. The van der Waals surface area contributed by atoms with Crippen molar-refractivity contribution in [1.29, 1.82) is 0 Å². The second-order valence-electron chi connectivity index (χ2n) is 3.44. The summed E-state index contributed by atoms with van der Waals surface area (Å²) in [5.41, 5.74) is 1.62. The Bertz CT molecular complexity index is 485. The van der Waals surface area contributed by atoms with Gasteiger partial charge in [0.15, 0.2) is 5.82 Å². The Morgan fingerprint density at radius 1 is 1.12 bits per heavy atom. The maximum atomic E-state index is 12.6. The molecule has 0 fully saturated rings. The highest BCUT2D eigenvalue weighted by molar-refractivity contribution is 5.56. The van der Waals surface area contributed by atoms with Gasteiger partial charge in [-0.15, -0.1) is 0 Å². The molecule has 0 atom stereocenters. The molecule has 3 heteroatoms. The molecule has 0 radical (unpaired) electrons. The first kappa shape index (κ1) is 10.5. The zero-order chi connectivity index (χ0) is 11.4. The first-order chi connectivity index (χ1) is 7.75. The molecule has 0 bridgehead atoms. The molecule has 1 aromatic carbocycles. The van der Waals surface area contributed by atoms with E-state index in [-0.39, 0.29) is 5.83 Å². The third-order valence-corrected chi connectivity index (χ3v) is 2.07. The van der Waals surface area contributed by atoms with Gasteiger partial charge < -0.3 is 0 Å². The van der Waals surface area contributed by atoms with Gasteiger partial charge in [0.2, 0.25) is 0 Å². The van der Waals surface area contributed by atoms with Gasteiger partial charge in [-0.05, 0) is 13.0 Å². The largest absolute Gasteiger partial charge is 0.236 e. The predicted molar refractivity (Wildman–Crippen MR) is 62.2 cm³/mol. The Morgan fingerprint density at radius 3 is 2.31 bits per heavy atom. The molecule has 16 heavy (non-hydrogen) atoms. The molecule has 0 saturated carbocycles. The Labute approximate surface area is 93.5 Å². The van der Waals surface area contributed by atoms with Crippen molar-refractivity contribution in [3.8, 4) is 11.4 Å². The summed E-state index contributed by atoms with van der Waals surface area (Å²) in [4.78, 5) is 8.36.